The molecule has 0 unspecified atom stereocenters. The quantitative estimate of drug-likeness (QED) is 0.791. The third-order valence-electron chi connectivity index (χ3n) is 1.81. The van der Waals surface area contributed by atoms with Crippen LogP contribution in [-0.2, 0) is 16.0 Å². The molecule has 0 fully saturated rings. The highest BCUT2D eigenvalue weighted by Crippen LogP contribution is 2.18. The van der Waals surface area contributed by atoms with Crippen LogP contribution in [0.15, 0.2) is 22.7 Å². The number of carbonyl (C=O) groups is 1. The van der Waals surface area contributed by atoms with Crippen molar-refractivity contribution in [2.24, 2.45) is 0 Å². The molecule has 3 nitrogen and oxygen atoms in total. The number of hydrogen-bond donors (Lipinski definition) is 0. The van der Waals surface area contributed by atoms with Gasteiger partial charge in [0.1, 0.15) is 6.07 Å². The molecule has 0 aliphatic carbocycles. The minimum Gasteiger partial charge on any atom is -0.466 e. The summed E-state index contributed by atoms with van der Waals surface area (Å²) in [6.45, 7) is 2.16. The molecular formula is C11H10BrNO2. The Kier molecular flexibility index (Phi) is 4.32. The predicted molar refractivity (Wildman–Crippen MR) is 59.2 cm³/mol. The van der Waals surface area contributed by atoms with Gasteiger partial charge >= 0.3 is 5.97 Å². The summed E-state index contributed by atoms with van der Waals surface area (Å²) in [6, 6.07) is 7.23. The molecule has 0 aromatic heterocycles. The van der Waals surface area contributed by atoms with E-state index in [1.807, 2.05) is 6.07 Å². The standard InChI is InChI=1S/C11H10BrNO2/c1-2-15-11(14)6-8-3-4-9(7-13)10(12)5-8/h3-5H,2,6H2,1H3. The molecule has 0 heterocycles. The van der Waals surface area contributed by atoms with Gasteiger partial charge < -0.3 is 4.74 Å². The molecule has 0 radical (unpaired) electrons. The number of benzene rings is 1. The zero-order chi connectivity index (χ0) is 11.3. The fourth-order valence-electron chi connectivity index (χ4n) is 1.14. The van der Waals surface area contributed by atoms with E-state index in [1.165, 1.54) is 0 Å². The van der Waals surface area contributed by atoms with Crippen LogP contribution in [0.1, 0.15) is 18.1 Å². The number of carbonyl (C=O) groups excluding carboxylic acids is 1. The normalized spacial score (nSPS) is 9.40. The van der Waals surface area contributed by atoms with Gasteiger partial charge in [-0.3, -0.25) is 4.79 Å². The van der Waals surface area contributed by atoms with E-state index >= 15 is 0 Å². The summed E-state index contributed by atoms with van der Waals surface area (Å²) in [5.74, 6) is -0.255. The van der Waals surface area contributed by atoms with E-state index in [-0.39, 0.29) is 12.4 Å². The minimum absolute atomic E-state index is 0.234. The third kappa shape index (κ3) is 3.37. The maximum absolute atomic E-state index is 11.2. The van der Waals surface area contributed by atoms with E-state index in [0.29, 0.717) is 16.6 Å². The molecule has 0 saturated carbocycles. The monoisotopic (exact) mass is 267 g/mol. The van der Waals surface area contributed by atoms with Crippen molar-refractivity contribution < 1.29 is 9.53 Å². The molecule has 0 bridgehead atoms. The number of esters is 1. The summed E-state index contributed by atoms with van der Waals surface area (Å²) in [5.41, 5.74) is 1.39. The number of rotatable bonds is 3. The first kappa shape index (κ1) is 11.7. The zero-order valence-corrected chi connectivity index (χ0v) is 9.87. The molecule has 0 N–H and O–H groups in total. The zero-order valence-electron chi connectivity index (χ0n) is 8.29. The number of ether oxygens (including phenoxy) is 1. The Morgan fingerprint density at radius 3 is 2.87 bits per heavy atom. The summed E-state index contributed by atoms with van der Waals surface area (Å²) in [7, 11) is 0. The lowest BCUT2D eigenvalue weighted by Crippen LogP contribution is -2.07. The molecule has 1 aromatic rings. The van der Waals surface area contributed by atoms with E-state index < -0.39 is 0 Å². The van der Waals surface area contributed by atoms with Gasteiger partial charge in [-0.05, 0) is 40.5 Å². The summed E-state index contributed by atoms with van der Waals surface area (Å²) >= 11 is 3.26. The Hall–Kier alpha value is -1.34. The third-order valence-corrected chi connectivity index (χ3v) is 2.46. The van der Waals surface area contributed by atoms with Crippen LogP contribution in [0.25, 0.3) is 0 Å². The van der Waals surface area contributed by atoms with Crippen LogP contribution in [0.2, 0.25) is 0 Å². The topological polar surface area (TPSA) is 50.1 Å². The Morgan fingerprint density at radius 1 is 1.60 bits per heavy atom. The van der Waals surface area contributed by atoms with Crippen molar-refractivity contribution in [1.82, 2.24) is 0 Å². The maximum Gasteiger partial charge on any atom is 0.310 e. The van der Waals surface area contributed by atoms with Gasteiger partial charge in [-0.25, -0.2) is 0 Å². The maximum atomic E-state index is 11.2. The lowest BCUT2D eigenvalue weighted by atomic mass is 10.1. The van der Waals surface area contributed by atoms with E-state index in [2.05, 4.69) is 15.9 Å². The molecule has 0 amide bonds. The van der Waals surface area contributed by atoms with Crippen LogP contribution < -0.4 is 0 Å². The average Bonchev–Trinajstić information content (AvgIpc) is 2.18. The summed E-state index contributed by atoms with van der Waals surface area (Å²) in [6.07, 6.45) is 0.234. The van der Waals surface area contributed by atoms with Crippen LogP contribution in [0.3, 0.4) is 0 Å². The molecule has 0 saturated heterocycles. The van der Waals surface area contributed by atoms with Gasteiger partial charge in [-0.1, -0.05) is 6.07 Å². The van der Waals surface area contributed by atoms with Gasteiger partial charge in [0, 0.05) is 4.47 Å². The van der Waals surface area contributed by atoms with Crippen LogP contribution in [-0.4, -0.2) is 12.6 Å². The van der Waals surface area contributed by atoms with Gasteiger partial charge in [0.25, 0.3) is 0 Å². The second kappa shape index (κ2) is 5.52. The lowest BCUT2D eigenvalue weighted by molar-refractivity contribution is -0.142. The Bertz CT molecular complexity index is 410. The van der Waals surface area contributed by atoms with E-state index in [4.69, 9.17) is 10.00 Å². The summed E-state index contributed by atoms with van der Waals surface area (Å²) in [5, 5.41) is 8.70. The van der Waals surface area contributed by atoms with Crippen LogP contribution in [0.5, 0.6) is 0 Å². The second-order valence-electron chi connectivity index (χ2n) is 2.91. The highest BCUT2D eigenvalue weighted by atomic mass is 79.9. The Morgan fingerprint density at radius 2 is 2.33 bits per heavy atom. The van der Waals surface area contributed by atoms with Gasteiger partial charge in [0.2, 0.25) is 0 Å². The van der Waals surface area contributed by atoms with Crippen molar-refractivity contribution in [3.8, 4) is 6.07 Å². The first-order valence-corrected chi connectivity index (χ1v) is 5.30. The van der Waals surface area contributed by atoms with Crippen LogP contribution in [0.4, 0.5) is 0 Å². The van der Waals surface area contributed by atoms with Crippen LogP contribution >= 0.6 is 15.9 Å². The highest BCUT2D eigenvalue weighted by Gasteiger charge is 2.06. The molecule has 1 aromatic carbocycles. The van der Waals surface area contributed by atoms with Crippen molar-refractivity contribution in [2.45, 2.75) is 13.3 Å². The fourth-order valence-corrected chi connectivity index (χ4v) is 1.65. The molecule has 0 aliphatic heterocycles. The lowest BCUT2D eigenvalue weighted by Gasteiger charge is -2.03. The Labute approximate surface area is 96.8 Å². The van der Waals surface area contributed by atoms with Gasteiger partial charge in [0.15, 0.2) is 0 Å². The fraction of sp³-hybridized carbons (Fsp3) is 0.273. The Balaban J connectivity index is 2.76. The largest absolute Gasteiger partial charge is 0.466 e. The van der Waals surface area contributed by atoms with Crippen molar-refractivity contribution in [1.29, 1.82) is 5.26 Å². The summed E-state index contributed by atoms with van der Waals surface area (Å²) in [4.78, 5) is 11.2. The molecule has 78 valence electrons. The number of hydrogen-bond acceptors (Lipinski definition) is 3. The van der Waals surface area contributed by atoms with Crippen molar-refractivity contribution >= 4 is 21.9 Å². The smallest absolute Gasteiger partial charge is 0.310 e. The first-order valence-electron chi connectivity index (χ1n) is 4.51. The molecule has 0 spiro atoms. The second-order valence-corrected chi connectivity index (χ2v) is 3.76. The molecule has 0 aliphatic rings. The highest BCUT2D eigenvalue weighted by molar-refractivity contribution is 9.10. The number of nitrogens with zero attached hydrogens (tertiary/aromatic N) is 1. The van der Waals surface area contributed by atoms with Crippen molar-refractivity contribution in [3.05, 3.63) is 33.8 Å². The molecule has 0 atom stereocenters. The molecule has 1 rings (SSSR count). The molecule has 15 heavy (non-hydrogen) atoms. The average molecular weight is 268 g/mol. The summed E-state index contributed by atoms with van der Waals surface area (Å²) < 4.78 is 5.52. The first-order chi connectivity index (χ1) is 7.17. The van der Waals surface area contributed by atoms with Gasteiger partial charge in [-0.2, -0.15) is 5.26 Å². The minimum atomic E-state index is -0.255. The van der Waals surface area contributed by atoms with Crippen LogP contribution in [0, 0.1) is 11.3 Å². The van der Waals surface area contributed by atoms with Crippen molar-refractivity contribution in [3.63, 3.8) is 0 Å². The van der Waals surface area contributed by atoms with Gasteiger partial charge in [0.05, 0.1) is 18.6 Å². The predicted octanol–water partition coefficient (Wildman–Crippen LogP) is 2.43. The van der Waals surface area contributed by atoms with E-state index in [9.17, 15) is 4.79 Å². The number of halogens is 1. The SMILES string of the molecule is CCOC(=O)Cc1ccc(C#N)c(Br)c1. The molecule has 4 heteroatoms. The molecular weight excluding hydrogens is 258 g/mol. The van der Waals surface area contributed by atoms with E-state index in [0.717, 1.165) is 5.56 Å². The van der Waals surface area contributed by atoms with Crippen molar-refractivity contribution in [2.75, 3.05) is 6.61 Å². The van der Waals surface area contributed by atoms with E-state index in [1.54, 1.807) is 25.1 Å². The number of nitriles is 1. The van der Waals surface area contributed by atoms with Gasteiger partial charge in [-0.15, -0.1) is 0 Å².